The zero-order valence-corrected chi connectivity index (χ0v) is 8.59. The van der Waals surface area contributed by atoms with Crippen LogP contribution < -0.4 is 5.32 Å². The standard InChI is InChI=1S/C11H21NO/c1-2-12-10-6-7-13-11(8-10)9-4-3-5-9/h9-12H,2-8H2,1H3. The molecule has 2 aliphatic rings. The minimum Gasteiger partial charge on any atom is -0.378 e. The summed E-state index contributed by atoms with van der Waals surface area (Å²) in [7, 11) is 0. The minimum atomic E-state index is 0.576. The summed E-state index contributed by atoms with van der Waals surface area (Å²) in [6.07, 6.45) is 7.27. The quantitative estimate of drug-likeness (QED) is 0.722. The molecule has 1 heterocycles. The third kappa shape index (κ3) is 2.23. The van der Waals surface area contributed by atoms with Gasteiger partial charge in [0.2, 0.25) is 0 Å². The van der Waals surface area contributed by atoms with Gasteiger partial charge in [-0.3, -0.25) is 0 Å². The van der Waals surface area contributed by atoms with Crippen molar-refractivity contribution in [3.63, 3.8) is 0 Å². The van der Waals surface area contributed by atoms with E-state index in [0.717, 1.165) is 25.1 Å². The second kappa shape index (κ2) is 4.43. The second-order valence-corrected chi connectivity index (χ2v) is 4.38. The van der Waals surface area contributed by atoms with Crippen LogP contribution in [-0.2, 0) is 4.74 Å². The smallest absolute Gasteiger partial charge is 0.0618 e. The number of hydrogen-bond donors (Lipinski definition) is 1. The molecule has 2 nitrogen and oxygen atoms in total. The van der Waals surface area contributed by atoms with E-state index in [9.17, 15) is 0 Å². The van der Waals surface area contributed by atoms with Gasteiger partial charge in [-0.1, -0.05) is 13.3 Å². The van der Waals surface area contributed by atoms with E-state index in [0.29, 0.717) is 6.10 Å². The van der Waals surface area contributed by atoms with Crippen molar-refractivity contribution in [2.24, 2.45) is 5.92 Å². The second-order valence-electron chi connectivity index (χ2n) is 4.38. The highest BCUT2D eigenvalue weighted by Crippen LogP contribution is 2.35. The fraction of sp³-hybridized carbons (Fsp3) is 1.00. The lowest BCUT2D eigenvalue weighted by molar-refractivity contribution is -0.0528. The highest BCUT2D eigenvalue weighted by atomic mass is 16.5. The normalized spacial score (nSPS) is 35.8. The summed E-state index contributed by atoms with van der Waals surface area (Å²) in [5, 5.41) is 3.54. The topological polar surface area (TPSA) is 21.3 Å². The lowest BCUT2D eigenvalue weighted by Crippen LogP contribution is -2.43. The summed E-state index contributed by atoms with van der Waals surface area (Å²) in [6.45, 7) is 4.26. The Morgan fingerprint density at radius 3 is 2.77 bits per heavy atom. The number of nitrogens with one attached hydrogen (secondary N) is 1. The van der Waals surface area contributed by atoms with Gasteiger partial charge in [-0.25, -0.2) is 0 Å². The molecule has 2 fully saturated rings. The van der Waals surface area contributed by atoms with Crippen LogP contribution in [-0.4, -0.2) is 25.3 Å². The van der Waals surface area contributed by atoms with Gasteiger partial charge in [-0.2, -0.15) is 0 Å². The molecular weight excluding hydrogens is 162 g/mol. The van der Waals surface area contributed by atoms with Gasteiger partial charge in [0.15, 0.2) is 0 Å². The summed E-state index contributed by atoms with van der Waals surface area (Å²) in [5.41, 5.74) is 0. The monoisotopic (exact) mass is 183 g/mol. The van der Waals surface area contributed by atoms with Gasteiger partial charge in [-0.15, -0.1) is 0 Å². The third-order valence-electron chi connectivity index (χ3n) is 3.48. The molecule has 0 amide bonds. The van der Waals surface area contributed by atoms with E-state index in [-0.39, 0.29) is 0 Å². The van der Waals surface area contributed by atoms with E-state index >= 15 is 0 Å². The predicted octanol–water partition coefficient (Wildman–Crippen LogP) is 1.94. The molecule has 0 aromatic carbocycles. The fourth-order valence-electron chi connectivity index (χ4n) is 2.44. The molecule has 2 rings (SSSR count). The highest BCUT2D eigenvalue weighted by molar-refractivity contribution is 4.85. The van der Waals surface area contributed by atoms with Gasteiger partial charge in [0, 0.05) is 12.6 Å². The Labute approximate surface area is 81.0 Å². The number of ether oxygens (including phenoxy) is 1. The van der Waals surface area contributed by atoms with Crippen LogP contribution in [0.25, 0.3) is 0 Å². The predicted molar refractivity (Wildman–Crippen MR) is 53.8 cm³/mol. The van der Waals surface area contributed by atoms with Crippen molar-refractivity contribution in [2.75, 3.05) is 13.2 Å². The maximum Gasteiger partial charge on any atom is 0.0618 e. The van der Waals surface area contributed by atoms with Crippen molar-refractivity contribution in [1.82, 2.24) is 5.32 Å². The van der Waals surface area contributed by atoms with Crippen LogP contribution in [0.1, 0.15) is 39.0 Å². The Morgan fingerprint density at radius 2 is 2.15 bits per heavy atom. The van der Waals surface area contributed by atoms with Crippen LogP contribution in [0.2, 0.25) is 0 Å². The van der Waals surface area contributed by atoms with Crippen molar-refractivity contribution in [1.29, 1.82) is 0 Å². The van der Waals surface area contributed by atoms with Gasteiger partial charge in [0.1, 0.15) is 0 Å². The average molecular weight is 183 g/mol. The molecule has 2 unspecified atom stereocenters. The lowest BCUT2D eigenvalue weighted by atomic mass is 9.78. The first-order valence-corrected chi connectivity index (χ1v) is 5.75. The third-order valence-corrected chi connectivity index (χ3v) is 3.48. The van der Waals surface area contributed by atoms with E-state index in [2.05, 4.69) is 12.2 Å². The molecule has 1 aliphatic carbocycles. The van der Waals surface area contributed by atoms with Crippen LogP contribution in [0.5, 0.6) is 0 Å². The van der Waals surface area contributed by atoms with E-state index in [1.54, 1.807) is 0 Å². The van der Waals surface area contributed by atoms with Gasteiger partial charge in [-0.05, 0) is 38.1 Å². The summed E-state index contributed by atoms with van der Waals surface area (Å²) in [6, 6.07) is 0.726. The van der Waals surface area contributed by atoms with E-state index < -0.39 is 0 Å². The van der Waals surface area contributed by atoms with Gasteiger partial charge >= 0.3 is 0 Å². The molecule has 0 radical (unpaired) electrons. The molecule has 2 atom stereocenters. The van der Waals surface area contributed by atoms with Crippen molar-refractivity contribution in [3.05, 3.63) is 0 Å². The molecule has 76 valence electrons. The average Bonchev–Trinajstić information content (AvgIpc) is 2.02. The van der Waals surface area contributed by atoms with Gasteiger partial charge in [0.05, 0.1) is 6.10 Å². The molecule has 0 bridgehead atoms. The van der Waals surface area contributed by atoms with Crippen molar-refractivity contribution >= 4 is 0 Å². The molecule has 13 heavy (non-hydrogen) atoms. The van der Waals surface area contributed by atoms with Crippen molar-refractivity contribution < 1.29 is 4.74 Å². The molecule has 2 heteroatoms. The van der Waals surface area contributed by atoms with Crippen molar-refractivity contribution in [2.45, 2.75) is 51.2 Å². The minimum absolute atomic E-state index is 0.576. The molecule has 1 aliphatic heterocycles. The largest absolute Gasteiger partial charge is 0.378 e. The van der Waals surface area contributed by atoms with E-state index in [4.69, 9.17) is 4.74 Å². The first kappa shape index (κ1) is 9.47. The lowest BCUT2D eigenvalue weighted by Gasteiger charge is -2.39. The van der Waals surface area contributed by atoms with Gasteiger partial charge < -0.3 is 10.1 Å². The number of hydrogen-bond acceptors (Lipinski definition) is 2. The molecule has 0 aromatic rings. The molecule has 1 N–H and O–H groups in total. The summed E-state index contributed by atoms with van der Waals surface area (Å²) in [5.74, 6) is 0.890. The zero-order valence-electron chi connectivity index (χ0n) is 8.59. The van der Waals surface area contributed by atoms with Crippen molar-refractivity contribution in [3.8, 4) is 0 Å². The van der Waals surface area contributed by atoms with E-state index in [1.807, 2.05) is 0 Å². The van der Waals surface area contributed by atoms with Crippen LogP contribution >= 0.6 is 0 Å². The fourth-order valence-corrected chi connectivity index (χ4v) is 2.44. The first-order valence-electron chi connectivity index (χ1n) is 5.75. The molecule has 0 spiro atoms. The summed E-state index contributed by atoms with van der Waals surface area (Å²) in [4.78, 5) is 0. The van der Waals surface area contributed by atoms with Crippen LogP contribution in [0.3, 0.4) is 0 Å². The zero-order chi connectivity index (χ0) is 9.10. The Bertz CT molecular complexity index is 154. The molecular formula is C11H21NO. The maximum absolute atomic E-state index is 5.82. The SMILES string of the molecule is CCNC1CCOC(C2CCC2)C1. The Hall–Kier alpha value is -0.0800. The Kier molecular flexibility index (Phi) is 3.23. The summed E-state index contributed by atoms with van der Waals surface area (Å²) < 4.78 is 5.82. The van der Waals surface area contributed by atoms with E-state index in [1.165, 1.54) is 32.1 Å². The van der Waals surface area contributed by atoms with Gasteiger partial charge in [0.25, 0.3) is 0 Å². The maximum atomic E-state index is 5.82. The number of rotatable bonds is 3. The van der Waals surface area contributed by atoms with Crippen LogP contribution in [0.4, 0.5) is 0 Å². The van der Waals surface area contributed by atoms with Crippen LogP contribution in [0, 0.1) is 5.92 Å². The Balaban J connectivity index is 1.77. The molecule has 1 saturated heterocycles. The first-order chi connectivity index (χ1) is 6.40. The Morgan fingerprint density at radius 1 is 1.31 bits per heavy atom. The summed E-state index contributed by atoms with van der Waals surface area (Å²) >= 11 is 0. The van der Waals surface area contributed by atoms with Crippen LogP contribution in [0.15, 0.2) is 0 Å². The highest BCUT2D eigenvalue weighted by Gasteiger charge is 2.32. The molecule has 0 aromatic heterocycles. The molecule has 1 saturated carbocycles.